The number of nitrogens with one attached hydrogen (secondary N) is 1. The second kappa shape index (κ2) is 12.6. The Kier molecular flexibility index (Phi) is 9.07. The highest BCUT2D eigenvalue weighted by Gasteiger charge is 2.31. The zero-order valence-corrected chi connectivity index (χ0v) is 22.0. The predicted octanol–water partition coefficient (Wildman–Crippen LogP) is 5.56. The lowest BCUT2D eigenvalue weighted by Gasteiger charge is -2.32. The second-order valence-electron chi connectivity index (χ2n) is 9.36. The second-order valence-corrected chi connectivity index (χ2v) is 9.80. The average Bonchev–Trinajstić information content (AvgIpc) is 3.39. The van der Waals surface area contributed by atoms with Gasteiger partial charge < -0.3 is 19.7 Å². The maximum atomic E-state index is 13.8. The van der Waals surface area contributed by atoms with Gasteiger partial charge in [-0.15, -0.1) is 0 Å². The summed E-state index contributed by atoms with van der Waals surface area (Å²) in [6, 6.07) is 22.3. The van der Waals surface area contributed by atoms with Crippen molar-refractivity contribution in [2.45, 2.75) is 58.2 Å². The summed E-state index contributed by atoms with van der Waals surface area (Å²) in [5.41, 5.74) is 2.89. The number of ether oxygens (including phenoxy) is 2. The molecule has 7 heteroatoms. The number of aryl methyl sites for hydroxylation is 1. The van der Waals surface area contributed by atoms with Crippen molar-refractivity contribution >= 4 is 23.4 Å². The molecular weight excluding hydrogens is 488 g/mol. The third kappa shape index (κ3) is 7.26. The molecule has 4 rings (SSSR count). The summed E-state index contributed by atoms with van der Waals surface area (Å²) in [6.07, 6.45) is 2.01. The number of nitrogens with zero attached hydrogens (tertiary/aromatic N) is 1. The molecule has 0 unspecified atom stereocenters. The molecule has 6 nitrogen and oxygen atoms in total. The minimum absolute atomic E-state index is 0.00638. The Hall–Kier alpha value is -3.51. The molecule has 0 bridgehead atoms. The molecule has 1 aliphatic heterocycles. The summed E-state index contributed by atoms with van der Waals surface area (Å²) >= 11 is 6.10. The van der Waals surface area contributed by atoms with E-state index in [1.54, 1.807) is 17.0 Å². The van der Waals surface area contributed by atoms with Gasteiger partial charge in [-0.05, 0) is 60.7 Å². The van der Waals surface area contributed by atoms with E-state index in [-0.39, 0.29) is 31.1 Å². The highest BCUT2D eigenvalue weighted by atomic mass is 35.5. The molecule has 37 heavy (non-hydrogen) atoms. The van der Waals surface area contributed by atoms with E-state index in [4.69, 9.17) is 21.1 Å². The Morgan fingerprint density at radius 3 is 2.38 bits per heavy atom. The number of amides is 2. The van der Waals surface area contributed by atoms with Crippen LogP contribution in [0.4, 0.5) is 0 Å². The Labute approximate surface area is 223 Å². The van der Waals surface area contributed by atoms with E-state index in [9.17, 15) is 9.59 Å². The first-order valence-corrected chi connectivity index (χ1v) is 13.1. The van der Waals surface area contributed by atoms with Crippen LogP contribution < -0.4 is 14.8 Å². The first kappa shape index (κ1) is 26.6. The van der Waals surface area contributed by atoms with Crippen molar-refractivity contribution in [2.24, 2.45) is 0 Å². The molecule has 3 aromatic carbocycles. The highest BCUT2D eigenvalue weighted by Crippen LogP contribution is 2.33. The minimum Gasteiger partial charge on any atom is -0.454 e. The van der Waals surface area contributed by atoms with E-state index in [1.165, 1.54) is 0 Å². The van der Waals surface area contributed by atoms with Gasteiger partial charge in [0.25, 0.3) is 0 Å². The van der Waals surface area contributed by atoms with Crippen molar-refractivity contribution in [3.63, 3.8) is 0 Å². The lowest BCUT2D eigenvalue weighted by Crippen LogP contribution is -2.52. The summed E-state index contributed by atoms with van der Waals surface area (Å²) in [5, 5.41) is 3.72. The highest BCUT2D eigenvalue weighted by molar-refractivity contribution is 6.30. The van der Waals surface area contributed by atoms with E-state index in [0.717, 1.165) is 23.1 Å². The molecule has 1 heterocycles. The van der Waals surface area contributed by atoms with Crippen LogP contribution >= 0.6 is 11.6 Å². The number of carbonyl (C=O) groups is 2. The smallest absolute Gasteiger partial charge is 0.243 e. The van der Waals surface area contributed by atoms with Crippen molar-refractivity contribution in [3.8, 4) is 11.5 Å². The number of rotatable bonds is 11. The van der Waals surface area contributed by atoms with Gasteiger partial charge >= 0.3 is 0 Å². The Morgan fingerprint density at radius 1 is 0.946 bits per heavy atom. The number of benzene rings is 3. The molecule has 3 aromatic rings. The van der Waals surface area contributed by atoms with Crippen LogP contribution in [0.3, 0.4) is 0 Å². The number of halogens is 1. The van der Waals surface area contributed by atoms with Crippen molar-refractivity contribution in [2.75, 3.05) is 6.79 Å². The summed E-state index contributed by atoms with van der Waals surface area (Å²) in [5.74, 6) is 1.17. The first-order valence-electron chi connectivity index (χ1n) is 12.7. The Morgan fingerprint density at radius 2 is 1.65 bits per heavy atom. The van der Waals surface area contributed by atoms with Crippen molar-refractivity contribution < 1.29 is 19.1 Å². The number of hydrogen-bond donors (Lipinski definition) is 1. The van der Waals surface area contributed by atoms with Crippen molar-refractivity contribution in [3.05, 3.63) is 94.5 Å². The predicted molar refractivity (Wildman–Crippen MR) is 145 cm³/mol. The van der Waals surface area contributed by atoms with Gasteiger partial charge in [0.15, 0.2) is 11.5 Å². The third-order valence-electron chi connectivity index (χ3n) is 6.60. The zero-order valence-electron chi connectivity index (χ0n) is 21.3. The molecule has 0 radical (unpaired) electrons. The molecule has 0 saturated carbocycles. The maximum absolute atomic E-state index is 13.8. The largest absolute Gasteiger partial charge is 0.454 e. The normalized spacial score (nSPS) is 13.6. The van der Waals surface area contributed by atoms with Gasteiger partial charge in [-0.1, -0.05) is 67.1 Å². The van der Waals surface area contributed by atoms with Crippen LogP contribution in [0.25, 0.3) is 0 Å². The van der Waals surface area contributed by atoms with Crippen molar-refractivity contribution in [1.29, 1.82) is 0 Å². The van der Waals surface area contributed by atoms with Crippen LogP contribution in [-0.4, -0.2) is 35.6 Å². The van der Waals surface area contributed by atoms with E-state index < -0.39 is 6.04 Å². The lowest BCUT2D eigenvalue weighted by molar-refractivity contribution is -0.141. The Bertz CT molecular complexity index is 1200. The molecular formula is C30H33ClN2O4. The molecule has 0 saturated heterocycles. The quantitative estimate of drug-likeness (QED) is 0.359. The first-order chi connectivity index (χ1) is 17.9. The fourth-order valence-electron chi connectivity index (χ4n) is 4.27. The van der Waals surface area contributed by atoms with Gasteiger partial charge in [-0.3, -0.25) is 9.59 Å². The number of carbonyl (C=O) groups excluding carboxylic acids is 2. The monoisotopic (exact) mass is 520 g/mol. The van der Waals surface area contributed by atoms with Crippen LogP contribution in [0.2, 0.25) is 5.02 Å². The van der Waals surface area contributed by atoms with Crippen LogP contribution in [0.15, 0.2) is 72.8 Å². The molecule has 0 fully saturated rings. The van der Waals surface area contributed by atoms with E-state index in [0.29, 0.717) is 35.9 Å². The lowest BCUT2D eigenvalue weighted by atomic mass is 10.0. The van der Waals surface area contributed by atoms with Crippen LogP contribution in [0.1, 0.15) is 43.4 Å². The molecule has 2 atom stereocenters. The van der Waals surface area contributed by atoms with E-state index in [2.05, 4.69) is 5.32 Å². The molecule has 2 amide bonds. The Balaban J connectivity index is 1.59. The zero-order chi connectivity index (χ0) is 26.2. The molecule has 1 N–H and O–H groups in total. The summed E-state index contributed by atoms with van der Waals surface area (Å²) in [4.78, 5) is 29.0. The topological polar surface area (TPSA) is 67.9 Å². The fourth-order valence-corrected chi connectivity index (χ4v) is 4.40. The van der Waals surface area contributed by atoms with Gasteiger partial charge in [0.2, 0.25) is 18.6 Å². The summed E-state index contributed by atoms with van der Waals surface area (Å²) in [6.45, 7) is 4.52. The number of fused-ring (bicyclic) bond motifs is 1. The van der Waals surface area contributed by atoms with E-state index >= 15 is 0 Å². The maximum Gasteiger partial charge on any atom is 0.243 e. The minimum atomic E-state index is -0.656. The number of hydrogen-bond acceptors (Lipinski definition) is 4. The van der Waals surface area contributed by atoms with Gasteiger partial charge in [0.05, 0.1) is 0 Å². The van der Waals surface area contributed by atoms with Crippen molar-refractivity contribution in [1.82, 2.24) is 10.2 Å². The standard InChI is InChI=1S/C30H33ClN2O4/c1-3-21(2)32-30(35)26(17-22-7-5-4-6-8-22)33(19-24-9-13-25(31)14-10-24)29(34)16-12-23-11-15-27-28(18-23)37-20-36-27/h4-11,13-15,18,21,26H,3,12,16-17,19-20H2,1-2H3,(H,32,35)/t21-,26-/m1/s1. The van der Waals surface area contributed by atoms with Gasteiger partial charge in [-0.2, -0.15) is 0 Å². The van der Waals surface area contributed by atoms with Gasteiger partial charge in [0, 0.05) is 30.5 Å². The molecule has 0 aromatic heterocycles. The molecule has 1 aliphatic rings. The molecule has 0 aliphatic carbocycles. The van der Waals surface area contributed by atoms with E-state index in [1.807, 2.05) is 74.5 Å². The molecule has 0 spiro atoms. The third-order valence-corrected chi connectivity index (χ3v) is 6.85. The summed E-state index contributed by atoms with van der Waals surface area (Å²) < 4.78 is 10.9. The SMILES string of the molecule is CC[C@@H](C)NC(=O)[C@@H](Cc1ccccc1)N(Cc1ccc(Cl)cc1)C(=O)CCc1ccc2c(c1)OCO2. The fraction of sp³-hybridized carbons (Fsp3) is 0.333. The van der Waals surface area contributed by atoms with Gasteiger partial charge in [0.1, 0.15) is 6.04 Å². The van der Waals surface area contributed by atoms with Crippen LogP contribution in [0.5, 0.6) is 11.5 Å². The molecule has 194 valence electrons. The average molecular weight is 521 g/mol. The van der Waals surface area contributed by atoms with Gasteiger partial charge in [-0.25, -0.2) is 0 Å². The van der Waals surface area contributed by atoms with Crippen LogP contribution in [0, 0.1) is 0 Å². The summed E-state index contributed by atoms with van der Waals surface area (Å²) in [7, 11) is 0. The van der Waals surface area contributed by atoms with Crippen LogP contribution in [-0.2, 0) is 29.0 Å².